The van der Waals surface area contributed by atoms with E-state index in [0.29, 0.717) is 11.3 Å². The van der Waals surface area contributed by atoms with Gasteiger partial charge in [-0.15, -0.1) is 12.4 Å². The third-order valence-electron chi connectivity index (χ3n) is 3.94. The number of nitrogens with two attached hydrogens (primary N) is 1. The second-order valence-electron chi connectivity index (χ2n) is 5.99. The van der Waals surface area contributed by atoms with E-state index in [0.717, 1.165) is 5.56 Å². The van der Waals surface area contributed by atoms with Crippen molar-refractivity contribution < 1.29 is 9.59 Å². The molecule has 0 aliphatic rings. The van der Waals surface area contributed by atoms with E-state index in [1.807, 2.05) is 30.3 Å². The molecule has 2 aromatic carbocycles. The SMILES string of the molecule is CC(C(=O)Nc1ccc(C(=O)N(C)C)cc1)C(N)c1ccccc1.Cl. The molecule has 0 aromatic heterocycles. The van der Waals surface area contributed by atoms with Crippen LogP contribution in [0, 0.1) is 5.92 Å². The molecule has 2 aromatic rings. The largest absolute Gasteiger partial charge is 0.345 e. The molecule has 5 nitrogen and oxygen atoms in total. The molecule has 0 heterocycles. The van der Waals surface area contributed by atoms with Crippen molar-refractivity contribution in [3.63, 3.8) is 0 Å². The highest BCUT2D eigenvalue weighted by molar-refractivity contribution is 5.96. The molecular formula is C19H24ClN3O2. The quantitative estimate of drug-likeness (QED) is 0.859. The molecule has 6 heteroatoms. The summed E-state index contributed by atoms with van der Waals surface area (Å²) in [6.45, 7) is 1.80. The number of anilines is 1. The first-order valence-corrected chi connectivity index (χ1v) is 7.83. The molecule has 0 saturated heterocycles. The van der Waals surface area contributed by atoms with Crippen molar-refractivity contribution in [1.29, 1.82) is 0 Å². The molecule has 0 radical (unpaired) electrons. The van der Waals surface area contributed by atoms with Crippen LogP contribution < -0.4 is 11.1 Å². The van der Waals surface area contributed by atoms with E-state index in [1.165, 1.54) is 4.90 Å². The molecule has 0 spiro atoms. The van der Waals surface area contributed by atoms with E-state index in [-0.39, 0.29) is 36.2 Å². The zero-order valence-electron chi connectivity index (χ0n) is 14.6. The minimum atomic E-state index is -0.379. The average Bonchev–Trinajstić information content (AvgIpc) is 2.61. The number of nitrogens with one attached hydrogen (secondary N) is 1. The van der Waals surface area contributed by atoms with Crippen molar-refractivity contribution in [2.45, 2.75) is 13.0 Å². The second kappa shape index (κ2) is 9.20. The number of nitrogens with zero attached hydrogens (tertiary/aromatic N) is 1. The average molecular weight is 362 g/mol. The molecule has 0 saturated carbocycles. The first-order valence-electron chi connectivity index (χ1n) is 7.83. The summed E-state index contributed by atoms with van der Waals surface area (Å²) in [5, 5.41) is 2.84. The number of hydrogen-bond acceptors (Lipinski definition) is 3. The van der Waals surface area contributed by atoms with Crippen LogP contribution in [0.1, 0.15) is 28.9 Å². The zero-order valence-corrected chi connectivity index (χ0v) is 15.4. The topological polar surface area (TPSA) is 75.4 Å². The van der Waals surface area contributed by atoms with E-state index in [9.17, 15) is 9.59 Å². The smallest absolute Gasteiger partial charge is 0.253 e. The minimum Gasteiger partial charge on any atom is -0.345 e. The predicted molar refractivity (Wildman–Crippen MR) is 103 cm³/mol. The molecule has 0 aliphatic carbocycles. The Labute approximate surface area is 154 Å². The summed E-state index contributed by atoms with van der Waals surface area (Å²) in [6.07, 6.45) is 0. The molecule has 0 bridgehead atoms. The van der Waals surface area contributed by atoms with E-state index in [4.69, 9.17) is 5.73 Å². The fourth-order valence-corrected chi connectivity index (χ4v) is 2.34. The summed E-state index contributed by atoms with van der Waals surface area (Å²) in [7, 11) is 3.40. The highest BCUT2D eigenvalue weighted by Crippen LogP contribution is 2.21. The van der Waals surface area contributed by atoms with Crippen LogP contribution in [0.4, 0.5) is 5.69 Å². The van der Waals surface area contributed by atoms with Crippen LogP contribution in [0.15, 0.2) is 54.6 Å². The highest BCUT2D eigenvalue weighted by Gasteiger charge is 2.22. The number of carbonyl (C=O) groups is 2. The molecule has 25 heavy (non-hydrogen) atoms. The predicted octanol–water partition coefficient (Wildman–Crippen LogP) is 3.08. The number of hydrogen-bond donors (Lipinski definition) is 2. The third-order valence-corrected chi connectivity index (χ3v) is 3.94. The van der Waals surface area contributed by atoms with Gasteiger partial charge in [-0.3, -0.25) is 9.59 Å². The Balaban J connectivity index is 0.00000312. The van der Waals surface area contributed by atoms with Gasteiger partial charge in [0, 0.05) is 31.4 Å². The minimum absolute atomic E-state index is 0. The normalized spacial score (nSPS) is 12.5. The number of carbonyl (C=O) groups excluding carboxylic acids is 2. The summed E-state index contributed by atoms with van der Waals surface area (Å²) in [5.41, 5.74) is 8.32. The van der Waals surface area contributed by atoms with E-state index in [1.54, 1.807) is 45.3 Å². The van der Waals surface area contributed by atoms with Gasteiger partial charge in [0.05, 0.1) is 5.92 Å². The summed E-state index contributed by atoms with van der Waals surface area (Å²) in [4.78, 5) is 25.8. The lowest BCUT2D eigenvalue weighted by molar-refractivity contribution is -0.120. The Kier molecular flexibility index (Phi) is 7.61. The van der Waals surface area contributed by atoms with Crippen molar-refractivity contribution in [2.24, 2.45) is 11.7 Å². The van der Waals surface area contributed by atoms with Gasteiger partial charge < -0.3 is 16.0 Å². The fourth-order valence-electron chi connectivity index (χ4n) is 2.34. The summed E-state index contributed by atoms with van der Waals surface area (Å²) in [5.74, 6) is -0.610. The molecule has 134 valence electrons. The Morgan fingerprint density at radius 1 is 1.00 bits per heavy atom. The maximum absolute atomic E-state index is 12.4. The Morgan fingerprint density at radius 2 is 1.56 bits per heavy atom. The number of benzene rings is 2. The van der Waals surface area contributed by atoms with Gasteiger partial charge in [-0.2, -0.15) is 0 Å². The Bertz CT molecular complexity index is 702. The molecular weight excluding hydrogens is 338 g/mol. The van der Waals surface area contributed by atoms with Gasteiger partial charge >= 0.3 is 0 Å². The van der Waals surface area contributed by atoms with Crippen LogP contribution in [-0.2, 0) is 4.79 Å². The Hall–Kier alpha value is -2.37. The van der Waals surface area contributed by atoms with Crippen LogP contribution in [0.2, 0.25) is 0 Å². The van der Waals surface area contributed by atoms with Crippen molar-refractivity contribution in [3.05, 3.63) is 65.7 Å². The van der Waals surface area contributed by atoms with Crippen molar-refractivity contribution in [2.75, 3.05) is 19.4 Å². The van der Waals surface area contributed by atoms with Gasteiger partial charge in [-0.25, -0.2) is 0 Å². The summed E-state index contributed by atoms with van der Waals surface area (Å²) in [6, 6.07) is 16.0. The standard InChI is InChI=1S/C19H23N3O2.ClH/c1-13(17(20)14-7-5-4-6-8-14)18(23)21-16-11-9-15(10-12-16)19(24)22(2)3;/h4-13,17H,20H2,1-3H3,(H,21,23);1H. The number of rotatable bonds is 5. The van der Waals surface area contributed by atoms with Gasteiger partial charge in [-0.05, 0) is 29.8 Å². The number of amides is 2. The van der Waals surface area contributed by atoms with Crippen LogP contribution in [0.3, 0.4) is 0 Å². The first-order chi connectivity index (χ1) is 11.4. The van der Waals surface area contributed by atoms with E-state index >= 15 is 0 Å². The van der Waals surface area contributed by atoms with Gasteiger partial charge in [0.1, 0.15) is 0 Å². The highest BCUT2D eigenvalue weighted by atomic mass is 35.5. The van der Waals surface area contributed by atoms with Crippen molar-refractivity contribution in [1.82, 2.24) is 4.90 Å². The fraction of sp³-hybridized carbons (Fsp3) is 0.263. The van der Waals surface area contributed by atoms with Gasteiger partial charge in [0.25, 0.3) is 5.91 Å². The molecule has 3 N–H and O–H groups in total. The lowest BCUT2D eigenvalue weighted by atomic mass is 9.94. The summed E-state index contributed by atoms with van der Waals surface area (Å²) >= 11 is 0. The van der Waals surface area contributed by atoms with Gasteiger partial charge in [-0.1, -0.05) is 37.3 Å². The van der Waals surface area contributed by atoms with Crippen molar-refractivity contribution in [3.8, 4) is 0 Å². The second-order valence-corrected chi connectivity index (χ2v) is 5.99. The van der Waals surface area contributed by atoms with Crippen LogP contribution >= 0.6 is 12.4 Å². The third kappa shape index (κ3) is 5.31. The lowest BCUT2D eigenvalue weighted by Crippen LogP contribution is -2.30. The number of halogens is 1. The molecule has 0 fully saturated rings. The first kappa shape index (κ1) is 20.7. The molecule has 2 atom stereocenters. The van der Waals surface area contributed by atoms with Crippen LogP contribution in [0.25, 0.3) is 0 Å². The maximum atomic E-state index is 12.4. The zero-order chi connectivity index (χ0) is 17.7. The van der Waals surface area contributed by atoms with Crippen LogP contribution in [-0.4, -0.2) is 30.8 Å². The maximum Gasteiger partial charge on any atom is 0.253 e. The molecule has 2 unspecified atom stereocenters. The van der Waals surface area contributed by atoms with Gasteiger partial charge in [0.15, 0.2) is 0 Å². The Morgan fingerprint density at radius 3 is 2.08 bits per heavy atom. The van der Waals surface area contributed by atoms with Crippen LogP contribution in [0.5, 0.6) is 0 Å². The van der Waals surface area contributed by atoms with Gasteiger partial charge in [0.2, 0.25) is 5.91 Å². The lowest BCUT2D eigenvalue weighted by Gasteiger charge is -2.20. The van der Waals surface area contributed by atoms with Crippen molar-refractivity contribution >= 4 is 29.9 Å². The molecule has 2 amide bonds. The summed E-state index contributed by atoms with van der Waals surface area (Å²) < 4.78 is 0. The molecule has 2 rings (SSSR count). The monoisotopic (exact) mass is 361 g/mol. The van der Waals surface area contributed by atoms with E-state index in [2.05, 4.69) is 5.32 Å². The molecule has 0 aliphatic heterocycles. The van der Waals surface area contributed by atoms with E-state index < -0.39 is 0 Å².